The summed E-state index contributed by atoms with van der Waals surface area (Å²) >= 11 is 0. The summed E-state index contributed by atoms with van der Waals surface area (Å²) in [5.41, 5.74) is 7.72. The molecule has 3 fully saturated rings. The van der Waals surface area contributed by atoms with Crippen LogP contribution in [0.25, 0.3) is 0 Å². The number of hydrogen-bond donors (Lipinski definition) is 3. The van der Waals surface area contributed by atoms with Crippen LogP contribution in [0, 0.1) is 17.8 Å². The standard InChI is InChI=1S/C18H25BN2O3/c20-17-12-9-13(11-5-2-1-3-6-11)14(10-12)16(17)18(22)21-8-4-7-15(21)19(23)24/h1-3,5-6,12-17,23-24H,4,7-10,20H2/t12?,13?,14?,15-,16?,17?/m0/s1. The zero-order valence-electron chi connectivity index (χ0n) is 13.8. The van der Waals surface area contributed by atoms with Crippen LogP contribution in [0.1, 0.15) is 37.2 Å². The number of fused-ring (bicyclic) bond motifs is 2. The second kappa shape index (κ2) is 6.17. The van der Waals surface area contributed by atoms with E-state index in [1.807, 2.05) is 6.07 Å². The lowest BCUT2D eigenvalue weighted by Crippen LogP contribution is -2.53. The second-order valence-corrected chi connectivity index (χ2v) is 7.67. The van der Waals surface area contributed by atoms with Gasteiger partial charge in [0, 0.05) is 12.6 Å². The van der Waals surface area contributed by atoms with Crippen LogP contribution in [0.3, 0.4) is 0 Å². The first kappa shape index (κ1) is 16.1. The lowest BCUT2D eigenvalue weighted by Gasteiger charge is -2.37. The average molecular weight is 328 g/mol. The largest absolute Gasteiger partial charge is 0.475 e. The summed E-state index contributed by atoms with van der Waals surface area (Å²) in [7, 11) is -1.46. The number of benzene rings is 1. The van der Waals surface area contributed by atoms with Crippen molar-refractivity contribution in [1.82, 2.24) is 4.90 Å². The first-order valence-corrected chi connectivity index (χ1v) is 9.05. The van der Waals surface area contributed by atoms with Gasteiger partial charge in [0.15, 0.2) is 0 Å². The quantitative estimate of drug-likeness (QED) is 0.715. The Balaban J connectivity index is 1.57. The zero-order chi connectivity index (χ0) is 16.8. The first-order valence-electron chi connectivity index (χ1n) is 9.05. The summed E-state index contributed by atoms with van der Waals surface area (Å²) in [4.78, 5) is 14.8. The third-order valence-electron chi connectivity index (χ3n) is 6.51. The van der Waals surface area contributed by atoms with Gasteiger partial charge in [0.25, 0.3) is 0 Å². The zero-order valence-corrected chi connectivity index (χ0v) is 13.8. The molecular formula is C18H25BN2O3. The summed E-state index contributed by atoms with van der Waals surface area (Å²) in [6, 6.07) is 10.3. The molecule has 1 aromatic carbocycles. The highest BCUT2D eigenvalue weighted by atomic mass is 16.4. The number of nitrogens with zero attached hydrogens (tertiary/aromatic N) is 1. The lowest BCUT2D eigenvalue weighted by molar-refractivity contribution is -0.138. The molecule has 1 amide bonds. The molecule has 1 aliphatic heterocycles. The molecule has 2 aliphatic carbocycles. The van der Waals surface area contributed by atoms with E-state index < -0.39 is 13.1 Å². The van der Waals surface area contributed by atoms with Crippen molar-refractivity contribution in [1.29, 1.82) is 0 Å². The maximum absolute atomic E-state index is 13.2. The molecule has 0 radical (unpaired) electrons. The summed E-state index contributed by atoms with van der Waals surface area (Å²) in [5, 5.41) is 19.1. The molecule has 6 atom stereocenters. The molecular weight excluding hydrogens is 303 g/mol. The van der Waals surface area contributed by atoms with Crippen molar-refractivity contribution >= 4 is 13.0 Å². The van der Waals surface area contributed by atoms with E-state index >= 15 is 0 Å². The van der Waals surface area contributed by atoms with Gasteiger partial charge in [0.2, 0.25) is 5.91 Å². The molecule has 1 aromatic rings. The van der Waals surface area contributed by atoms with E-state index in [4.69, 9.17) is 5.73 Å². The van der Waals surface area contributed by atoms with E-state index in [9.17, 15) is 14.8 Å². The maximum atomic E-state index is 13.2. The van der Waals surface area contributed by atoms with Gasteiger partial charge in [-0.25, -0.2) is 0 Å². The third-order valence-corrected chi connectivity index (χ3v) is 6.51. The third kappa shape index (κ3) is 2.48. The van der Waals surface area contributed by atoms with Gasteiger partial charge < -0.3 is 20.7 Å². The fraction of sp³-hybridized carbons (Fsp3) is 0.611. The minimum absolute atomic E-state index is 0.0335. The lowest BCUT2D eigenvalue weighted by atomic mass is 9.73. The Morgan fingerprint density at radius 3 is 2.62 bits per heavy atom. The van der Waals surface area contributed by atoms with E-state index in [2.05, 4.69) is 24.3 Å². The average Bonchev–Trinajstić information content (AvgIpc) is 3.29. The molecule has 5 unspecified atom stereocenters. The molecule has 128 valence electrons. The van der Waals surface area contributed by atoms with Crippen LogP contribution in [0.2, 0.25) is 0 Å². The van der Waals surface area contributed by atoms with Crippen molar-refractivity contribution in [2.75, 3.05) is 6.54 Å². The minimum atomic E-state index is -1.46. The van der Waals surface area contributed by atoms with Gasteiger partial charge in [-0.1, -0.05) is 30.3 Å². The molecule has 1 saturated heterocycles. The van der Waals surface area contributed by atoms with E-state index in [-0.39, 0.29) is 23.8 Å². The van der Waals surface area contributed by atoms with Gasteiger partial charge in [-0.15, -0.1) is 0 Å². The highest BCUT2D eigenvalue weighted by molar-refractivity contribution is 6.43. The van der Waals surface area contributed by atoms with Gasteiger partial charge in [-0.3, -0.25) is 4.79 Å². The van der Waals surface area contributed by atoms with Crippen molar-refractivity contribution in [3.63, 3.8) is 0 Å². The Morgan fingerprint density at radius 1 is 1.21 bits per heavy atom. The molecule has 1 heterocycles. The Kier molecular flexibility index (Phi) is 4.15. The summed E-state index contributed by atoms with van der Waals surface area (Å²) in [6.45, 7) is 0.609. The summed E-state index contributed by atoms with van der Waals surface area (Å²) in [5.74, 6) is 0.440. The number of amides is 1. The Hall–Kier alpha value is -1.37. The van der Waals surface area contributed by atoms with Crippen molar-refractivity contribution in [3.8, 4) is 0 Å². The molecule has 3 aliphatic rings. The number of rotatable bonds is 3. The van der Waals surface area contributed by atoms with Crippen LogP contribution in [-0.2, 0) is 4.79 Å². The molecule has 2 saturated carbocycles. The topological polar surface area (TPSA) is 86.8 Å². The van der Waals surface area contributed by atoms with Crippen LogP contribution in [0.4, 0.5) is 0 Å². The van der Waals surface area contributed by atoms with Crippen LogP contribution in [-0.4, -0.2) is 46.5 Å². The smallest absolute Gasteiger partial charge is 0.426 e. The summed E-state index contributed by atoms with van der Waals surface area (Å²) < 4.78 is 0. The molecule has 4 N–H and O–H groups in total. The van der Waals surface area contributed by atoms with Crippen LogP contribution in [0.15, 0.2) is 30.3 Å². The van der Waals surface area contributed by atoms with Crippen LogP contribution >= 0.6 is 0 Å². The number of hydrogen-bond acceptors (Lipinski definition) is 4. The summed E-state index contributed by atoms with van der Waals surface area (Å²) in [6.07, 6.45) is 3.55. The van der Waals surface area contributed by atoms with Crippen LogP contribution < -0.4 is 5.73 Å². The predicted octanol–water partition coefficient (Wildman–Crippen LogP) is 0.756. The highest BCUT2D eigenvalue weighted by Crippen LogP contribution is 2.55. The van der Waals surface area contributed by atoms with Crippen molar-refractivity contribution in [3.05, 3.63) is 35.9 Å². The molecule has 5 nitrogen and oxygen atoms in total. The van der Waals surface area contributed by atoms with E-state index in [1.165, 1.54) is 5.56 Å². The Morgan fingerprint density at radius 2 is 1.96 bits per heavy atom. The van der Waals surface area contributed by atoms with Crippen molar-refractivity contribution in [2.45, 2.75) is 43.6 Å². The normalized spacial score (nSPS) is 37.9. The van der Waals surface area contributed by atoms with Gasteiger partial charge in [-0.05, 0) is 49.0 Å². The number of likely N-dealkylation sites (tertiary alicyclic amines) is 1. The fourth-order valence-electron chi connectivity index (χ4n) is 5.40. The van der Waals surface area contributed by atoms with Crippen LogP contribution in [0.5, 0.6) is 0 Å². The molecule has 0 spiro atoms. The molecule has 24 heavy (non-hydrogen) atoms. The molecule has 6 heteroatoms. The number of carbonyl (C=O) groups is 1. The van der Waals surface area contributed by atoms with Gasteiger partial charge in [0.05, 0.1) is 11.9 Å². The SMILES string of the molecule is NC1C2CC(c3ccccc3)C(C2)C1C(=O)N1CCC[C@H]1B(O)O. The molecule has 0 aromatic heterocycles. The first-order chi connectivity index (χ1) is 11.6. The molecule has 4 rings (SSSR count). The Bertz CT molecular complexity index is 612. The number of carbonyl (C=O) groups excluding carboxylic acids is 1. The minimum Gasteiger partial charge on any atom is -0.426 e. The van der Waals surface area contributed by atoms with E-state index in [0.717, 1.165) is 19.3 Å². The highest BCUT2D eigenvalue weighted by Gasteiger charge is 2.56. The fourth-order valence-corrected chi connectivity index (χ4v) is 5.40. The Labute approximate surface area is 143 Å². The van der Waals surface area contributed by atoms with Gasteiger partial charge >= 0.3 is 7.12 Å². The van der Waals surface area contributed by atoms with Gasteiger partial charge in [-0.2, -0.15) is 0 Å². The van der Waals surface area contributed by atoms with Crippen molar-refractivity contribution < 1.29 is 14.8 Å². The number of nitrogens with two attached hydrogens (primary N) is 1. The van der Waals surface area contributed by atoms with E-state index in [0.29, 0.717) is 24.8 Å². The van der Waals surface area contributed by atoms with Crippen molar-refractivity contribution in [2.24, 2.45) is 23.5 Å². The monoisotopic (exact) mass is 328 g/mol. The second-order valence-electron chi connectivity index (χ2n) is 7.67. The maximum Gasteiger partial charge on any atom is 0.475 e. The predicted molar refractivity (Wildman–Crippen MR) is 91.8 cm³/mol. The van der Waals surface area contributed by atoms with E-state index in [1.54, 1.807) is 4.90 Å². The van der Waals surface area contributed by atoms with Gasteiger partial charge in [0.1, 0.15) is 0 Å². The molecule has 2 bridgehead atoms.